The molecule has 0 fully saturated rings. The van der Waals surface area contributed by atoms with Crippen molar-refractivity contribution in [3.05, 3.63) is 93.1 Å². The Balaban J connectivity index is 1.78. The van der Waals surface area contributed by atoms with Crippen molar-refractivity contribution >= 4 is 0 Å². The number of hydrogen-bond acceptors (Lipinski definition) is 0. The molecule has 0 aliphatic heterocycles. The van der Waals surface area contributed by atoms with Gasteiger partial charge in [-0.15, -0.1) is 0 Å². The summed E-state index contributed by atoms with van der Waals surface area (Å²) in [6.07, 6.45) is 0.657. The Morgan fingerprint density at radius 1 is 0.697 bits per heavy atom. The first-order valence-corrected chi connectivity index (χ1v) is 10.4. The molecule has 1 aliphatic rings. The first-order chi connectivity index (χ1) is 15.6. The fraction of sp³-hybridized carbons (Fsp3) is 0.280. The van der Waals surface area contributed by atoms with E-state index in [1.807, 2.05) is 6.92 Å². The van der Waals surface area contributed by atoms with Crippen LogP contribution in [-0.2, 0) is 19.3 Å². The summed E-state index contributed by atoms with van der Waals surface area (Å²) >= 11 is 0. The smallest absolute Gasteiger partial charge is 0.194 e. The highest BCUT2D eigenvalue weighted by molar-refractivity contribution is 5.67. The molecular formula is C25H18F8. The fourth-order valence-electron chi connectivity index (χ4n) is 4.55. The van der Waals surface area contributed by atoms with Crippen LogP contribution in [0.15, 0.2) is 24.3 Å². The molecule has 33 heavy (non-hydrogen) atoms. The van der Waals surface area contributed by atoms with E-state index in [9.17, 15) is 30.7 Å². The highest BCUT2D eigenvalue weighted by atomic mass is 19.2. The molecule has 3 aromatic rings. The zero-order valence-corrected chi connectivity index (χ0v) is 17.4. The molecule has 0 aromatic heterocycles. The van der Waals surface area contributed by atoms with E-state index >= 15 is 4.39 Å². The van der Waals surface area contributed by atoms with Gasteiger partial charge >= 0.3 is 0 Å². The van der Waals surface area contributed by atoms with Crippen LogP contribution in [0.2, 0.25) is 0 Å². The number of halogens is 8. The molecule has 1 aliphatic carbocycles. The van der Waals surface area contributed by atoms with Crippen LogP contribution in [0.5, 0.6) is 0 Å². The number of rotatable bonds is 4. The molecule has 1 unspecified atom stereocenters. The molecule has 0 radical (unpaired) electrons. The minimum absolute atomic E-state index is 0.0432. The van der Waals surface area contributed by atoms with Gasteiger partial charge in [0.2, 0.25) is 0 Å². The quantitative estimate of drug-likeness (QED) is 0.208. The third-order valence-electron chi connectivity index (χ3n) is 6.08. The molecule has 0 N–H and O–H groups in total. The molecule has 0 saturated heterocycles. The topological polar surface area (TPSA) is 0 Å². The molecule has 0 bridgehead atoms. The van der Waals surface area contributed by atoms with Gasteiger partial charge in [0.1, 0.15) is 17.5 Å². The zero-order chi connectivity index (χ0) is 24.0. The lowest BCUT2D eigenvalue weighted by molar-refractivity contribution is 0.440. The summed E-state index contributed by atoms with van der Waals surface area (Å²) in [7, 11) is 0. The monoisotopic (exact) mass is 470 g/mol. The van der Waals surface area contributed by atoms with Crippen LogP contribution in [0.25, 0.3) is 11.1 Å². The summed E-state index contributed by atoms with van der Waals surface area (Å²) in [5, 5.41) is 0. The average Bonchev–Trinajstić information content (AvgIpc) is 2.75. The molecule has 4 rings (SSSR count). The van der Waals surface area contributed by atoms with Crippen molar-refractivity contribution in [1.29, 1.82) is 0 Å². The second kappa shape index (κ2) is 8.80. The van der Waals surface area contributed by atoms with Gasteiger partial charge < -0.3 is 0 Å². The highest BCUT2D eigenvalue weighted by Crippen LogP contribution is 2.42. The number of hydrogen-bond donors (Lipinski definition) is 0. The first kappa shape index (κ1) is 23.3. The van der Waals surface area contributed by atoms with E-state index in [1.54, 1.807) is 0 Å². The van der Waals surface area contributed by atoms with E-state index in [-0.39, 0.29) is 36.0 Å². The van der Waals surface area contributed by atoms with Gasteiger partial charge in [0.05, 0.1) is 5.56 Å². The summed E-state index contributed by atoms with van der Waals surface area (Å²) in [6.45, 7) is 1.86. The minimum atomic E-state index is -1.82. The Morgan fingerprint density at radius 3 is 1.88 bits per heavy atom. The maximum atomic E-state index is 15.2. The second-order valence-corrected chi connectivity index (χ2v) is 8.19. The summed E-state index contributed by atoms with van der Waals surface area (Å²) in [6, 6.07) is 3.16. The van der Waals surface area contributed by atoms with Crippen molar-refractivity contribution in [1.82, 2.24) is 0 Å². The van der Waals surface area contributed by atoms with E-state index in [0.29, 0.717) is 30.5 Å². The average molecular weight is 470 g/mol. The summed E-state index contributed by atoms with van der Waals surface area (Å²) in [5.41, 5.74) is -2.15. The molecule has 0 nitrogen and oxygen atoms in total. The van der Waals surface area contributed by atoms with Crippen molar-refractivity contribution in [2.75, 3.05) is 0 Å². The lowest BCUT2D eigenvalue weighted by Crippen LogP contribution is -2.20. The van der Waals surface area contributed by atoms with Crippen LogP contribution < -0.4 is 0 Å². The standard InChI is InChI=1S/C25H18F8/c1-2-3-11-6-16(26)20(17(27)7-11)12-4-5-14-15(8-12)23(31)25(33)21(22(14)30)13-9-18(28)24(32)19(29)10-13/h6-7,9-10,12H,2-5,8H2,1H3. The number of fused-ring (bicyclic) bond motifs is 1. The molecular weight excluding hydrogens is 452 g/mol. The molecule has 0 saturated carbocycles. The number of aryl methyl sites for hydroxylation is 1. The Morgan fingerprint density at radius 2 is 1.30 bits per heavy atom. The molecule has 0 amide bonds. The molecule has 0 heterocycles. The second-order valence-electron chi connectivity index (χ2n) is 8.19. The lowest BCUT2D eigenvalue weighted by Gasteiger charge is -2.28. The predicted octanol–water partition coefficient (Wildman–Crippen LogP) is 7.69. The molecule has 174 valence electrons. The van der Waals surface area contributed by atoms with Gasteiger partial charge in [0, 0.05) is 5.56 Å². The van der Waals surface area contributed by atoms with Crippen LogP contribution >= 0.6 is 0 Å². The van der Waals surface area contributed by atoms with Crippen molar-refractivity contribution < 1.29 is 35.1 Å². The highest BCUT2D eigenvalue weighted by Gasteiger charge is 2.33. The SMILES string of the molecule is CCCc1cc(F)c(C2CCc3c(F)c(-c4cc(F)c(F)c(F)c4)c(F)c(F)c3C2)c(F)c1. The number of benzene rings is 3. The van der Waals surface area contributed by atoms with Crippen LogP contribution in [-0.4, -0.2) is 0 Å². The van der Waals surface area contributed by atoms with Gasteiger partial charge in [-0.25, -0.2) is 35.1 Å². The van der Waals surface area contributed by atoms with E-state index in [0.717, 1.165) is 0 Å². The maximum Gasteiger partial charge on any atom is 0.194 e. The minimum Gasteiger partial charge on any atom is -0.207 e. The summed E-state index contributed by atoms with van der Waals surface area (Å²) in [5.74, 6) is -12.1. The van der Waals surface area contributed by atoms with Crippen LogP contribution in [0.1, 0.15) is 47.9 Å². The third kappa shape index (κ3) is 4.00. The molecule has 1 atom stereocenters. The van der Waals surface area contributed by atoms with Crippen molar-refractivity contribution in [3.8, 4) is 11.1 Å². The Bertz CT molecular complexity index is 1200. The predicted molar refractivity (Wildman–Crippen MR) is 107 cm³/mol. The van der Waals surface area contributed by atoms with E-state index in [1.165, 1.54) is 12.1 Å². The van der Waals surface area contributed by atoms with Gasteiger partial charge in [0.15, 0.2) is 29.1 Å². The van der Waals surface area contributed by atoms with Gasteiger partial charge in [-0.2, -0.15) is 0 Å². The van der Waals surface area contributed by atoms with E-state index in [2.05, 4.69) is 0 Å². The molecule has 8 heteroatoms. The Kier molecular flexibility index (Phi) is 6.20. The van der Waals surface area contributed by atoms with Crippen LogP contribution in [0.4, 0.5) is 35.1 Å². The zero-order valence-electron chi connectivity index (χ0n) is 17.4. The van der Waals surface area contributed by atoms with Crippen molar-refractivity contribution in [2.45, 2.75) is 44.9 Å². The van der Waals surface area contributed by atoms with E-state index < -0.39 is 63.6 Å². The van der Waals surface area contributed by atoms with Crippen molar-refractivity contribution in [3.63, 3.8) is 0 Å². The van der Waals surface area contributed by atoms with Gasteiger partial charge in [0.25, 0.3) is 0 Å². The molecule has 3 aromatic carbocycles. The normalized spacial score (nSPS) is 15.6. The fourth-order valence-corrected chi connectivity index (χ4v) is 4.55. The van der Waals surface area contributed by atoms with Crippen LogP contribution in [0.3, 0.4) is 0 Å². The molecule has 0 spiro atoms. The van der Waals surface area contributed by atoms with Gasteiger partial charge in [-0.05, 0) is 78.1 Å². The maximum absolute atomic E-state index is 15.2. The Hall–Kier alpha value is -2.90. The van der Waals surface area contributed by atoms with Gasteiger partial charge in [-0.3, -0.25) is 0 Å². The van der Waals surface area contributed by atoms with Gasteiger partial charge in [-0.1, -0.05) is 13.3 Å². The Labute approximate surface area is 184 Å². The third-order valence-corrected chi connectivity index (χ3v) is 6.08. The van der Waals surface area contributed by atoms with Crippen molar-refractivity contribution in [2.24, 2.45) is 0 Å². The van der Waals surface area contributed by atoms with Crippen LogP contribution in [0, 0.1) is 46.5 Å². The summed E-state index contributed by atoms with van der Waals surface area (Å²) in [4.78, 5) is 0. The summed E-state index contributed by atoms with van der Waals surface area (Å²) < 4.78 is 115. The largest absolute Gasteiger partial charge is 0.207 e. The lowest BCUT2D eigenvalue weighted by atomic mass is 9.78. The first-order valence-electron chi connectivity index (χ1n) is 10.4. The van der Waals surface area contributed by atoms with E-state index in [4.69, 9.17) is 0 Å².